The highest BCUT2D eigenvalue weighted by Crippen LogP contribution is 2.34. The monoisotopic (exact) mass is 432 g/mol. The summed E-state index contributed by atoms with van der Waals surface area (Å²) in [6.45, 7) is 0.530. The summed E-state index contributed by atoms with van der Waals surface area (Å²) in [5, 5.41) is 12.4. The number of para-hydroxylation sites is 1. The van der Waals surface area contributed by atoms with Crippen LogP contribution in [0.2, 0.25) is 10.0 Å². The fourth-order valence-electron chi connectivity index (χ4n) is 3.05. The number of halogens is 2. The molecule has 4 rings (SSSR count). The van der Waals surface area contributed by atoms with Crippen LogP contribution in [-0.2, 0) is 4.79 Å². The number of carbonyl (C=O) groups excluding carboxylic acids is 2. The molecule has 9 heteroatoms. The van der Waals surface area contributed by atoms with Gasteiger partial charge in [0, 0.05) is 24.6 Å². The van der Waals surface area contributed by atoms with Gasteiger partial charge in [-0.05, 0) is 24.3 Å². The molecule has 0 bridgehead atoms. The number of anilines is 2. The lowest BCUT2D eigenvalue weighted by Crippen LogP contribution is -2.24. The highest BCUT2D eigenvalue weighted by Gasteiger charge is 2.34. The summed E-state index contributed by atoms with van der Waals surface area (Å²) in [6, 6.07) is 14.4. The van der Waals surface area contributed by atoms with E-state index in [2.05, 4.69) is 15.5 Å². The maximum atomic E-state index is 12.5. The van der Waals surface area contributed by atoms with Gasteiger partial charge < -0.3 is 4.90 Å². The molecular weight excluding hydrogens is 419 g/mol. The molecule has 0 spiro atoms. The Balaban J connectivity index is 1.48. The van der Waals surface area contributed by atoms with Gasteiger partial charge in [-0.1, -0.05) is 58.8 Å². The van der Waals surface area contributed by atoms with Crippen molar-refractivity contribution in [3.05, 3.63) is 69.1 Å². The van der Waals surface area contributed by atoms with E-state index in [1.54, 1.807) is 23.1 Å². The van der Waals surface area contributed by atoms with E-state index in [-0.39, 0.29) is 27.4 Å². The number of benzene rings is 2. The first-order valence-electron chi connectivity index (χ1n) is 8.47. The van der Waals surface area contributed by atoms with Crippen LogP contribution in [0.5, 0.6) is 0 Å². The minimum absolute atomic E-state index is 0.0415. The van der Waals surface area contributed by atoms with Crippen LogP contribution in [0.1, 0.15) is 27.7 Å². The molecule has 2 amide bonds. The standard InChI is InChI=1S/C19H14Cl2N4O2S/c20-13-7-4-8-14(21)16(13)17(27)22-19-24-23-18(28-19)11-9-15(26)25(10-11)12-5-2-1-3-6-12/h1-8,11H,9-10H2,(H,22,24,27). The molecule has 1 atom stereocenters. The second kappa shape index (κ2) is 7.87. The summed E-state index contributed by atoms with van der Waals surface area (Å²) >= 11 is 13.4. The summed E-state index contributed by atoms with van der Waals surface area (Å²) in [7, 11) is 0. The van der Waals surface area contributed by atoms with Gasteiger partial charge in [0.25, 0.3) is 5.91 Å². The molecule has 142 valence electrons. The molecule has 0 radical (unpaired) electrons. The SMILES string of the molecule is O=C(Nc1nnc(C2CC(=O)N(c3ccccc3)C2)s1)c1c(Cl)cccc1Cl. The van der Waals surface area contributed by atoms with E-state index in [1.165, 1.54) is 11.3 Å². The van der Waals surface area contributed by atoms with Gasteiger partial charge in [-0.15, -0.1) is 10.2 Å². The van der Waals surface area contributed by atoms with E-state index in [0.29, 0.717) is 23.1 Å². The van der Waals surface area contributed by atoms with E-state index in [9.17, 15) is 9.59 Å². The minimum atomic E-state index is -0.452. The van der Waals surface area contributed by atoms with Crippen molar-refractivity contribution in [1.29, 1.82) is 0 Å². The first-order valence-corrected chi connectivity index (χ1v) is 10.0. The maximum Gasteiger partial charge on any atom is 0.260 e. The number of nitrogens with zero attached hydrogens (tertiary/aromatic N) is 3. The molecule has 6 nitrogen and oxygen atoms in total. The zero-order valence-electron chi connectivity index (χ0n) is 14.4. The van der Waals surface area contributed by atoms with Crippen LogP contribution >= 0.6 is 34.5 Å². The summed E-state index contributed by atoms with van der Waals surface area (Å²) in [4.78, 5) is 26.6. The second-order valence-electron chi connectivity index (χ2n) is 6.24. The van der Waals surface area contributed by atoms with Crippen molar-refractivity contribution in [1.82, 2.24) is 10.2 Å². The van der Waals surface area contributed by atoms with Crippen molar-refractivity contribution in [2.45, 2.75) is 12.3 Å². The van der Waals surface area contributed by atoms with E-state index in [1.807, 2.05) is 30.3 Å². The molecule has 3 aromatic rings. The van der Waals surface area contributed by atoms with Crippen LogP contribution in [-0.4, -0.2) is 28.6 Å². The zero-order chi connectivity index (χ0) is 19.7. The topological polar surface area (TPSA) is 75.2 Å². The highest BCUT2D eigenvalue weighted by atomic mass is 35.5. The number of hydrogen-bond acceptors (Lipinski definition) is 5. The van der Waals surface area contributed by atoms with Gasteiger partial charge in [-0.3, -0.25) is 14.9 Å². The van der Waals surface area contributed by atoms with Gasteiger partial charge in [0.2, 0.25) is 11.0 Å². The van der Waals surface area contributed by atoms with Crippen LogP contribution in [0, 0.1) is 0 Å². The fraction of sp³-hybridized carbons (Fsp3) is 0.158. The van der Waals surface area contributed by atoms with Crippen molar-refractivity contribution in [3.63, 3.8) is 0 Å². The third kappa shape index (κ3) is 3.73. The minimum Gasteiger partial charge on any atom is -0.312 e. The lowest BCUT2D eigenvalue weighted by atomic mass is 10.1. The molecule has 1 aromatic heterocycles. The fourth-order valence-corrected chi connectivity index (χ4v) is 4.45. The molecule has 28 heavy (non-hydrogen) atoms. The van der Waals surface area contributed by atoms with Gasteiger partial charge in [0.1, 0.15) is 5.01 Å². The number of rotatable bonds is 4. The zero-order valence-corrected chi connectivity index (χ0v) is 16.8. The number of hydrogen-bond donors (Lipinski definition) is 1. The molecule has 1 saturated heterocycles. The normalized spacial score (nSPS) is 16.4. The molecular formula is C19H14Cl2N4O2S. The molecule has 0 saturated carbocycles. The third-order valence-corrected chi connectivity index (χ3v) is 6.02. The Morgan fingerprint density at radius 3 is 2.50 bits per heavy atom. The second-order valence-corrected chi connectivity index (χ2v) is 8.06. The molecule has 1 N–H and O–H groups in total. The van der Waals surface area contributed by atoms with Gasteiger partial charge in [-0.2, -0.15) is 0 Å². The maximum absolute atomic E-state index is 12.5. The molecule has 1 aliphatic heterocycles. The Bertz CT molecular complexity index is 1020. The molecule has 1 aliphatic rings. The number of aromatic nitrogens is 2. The first-order chi connectivity index (χ1) is 13.5. The predicted octanol–water partition coefficient (Wildman–Crippen LogP) is 4.62. The molecule has 1 fully saturated rings. The molecule has 0 aliphatic carbocycles. The van der Waals surface area contributed by atoms with Crippen LogP contribution in [0.3, 0.4) is 0 Å². The van der Waals surface area contributed by atoms with Crippen molar-refractivity contribution in [2.75, 3.05) is 16.8 Å². The average molecular weight is 433 g/mol. The van der Waals surface area contributed by atoms with Crippen LogP contribution < -0.4 is 10.2 Å². The van der Waals surface area contributed by atoms with Crippen molar-refractivity contribution >= 4 is 57.2 Å². The Morgan fingerprint density at radius 2 is 1.79 bits per heavy atom. The van der Waals surface area contributed by atoms with Crippen molar-refractivity contribution in [3.8, 4) is 0 Å². The third-order valence-electron chi connectivity index (χ3n) is 4.39. The largest absolute Gasteiger partial charge is 0.312 e. The quantitative estimate of drug-likeness (QED) is 0.652. The smallest absolute Gasteiger partial charge is 0.260 e. The summed E-state index contributed by atoms with van der Waals surface area (Å²) < 4.78 is 0. The van der Waals surface area contributed by atoms with Crippen LogP contribution in [0.15, 0.2) is 48.5 Å². The summed E-state index contributed by atoms with van der Waals surface area (Å²) in [5.41, 5.74) is 1.05. The Hall–Kier alpha value is -2.48. The van der Waals surface area contributed by atoms with Gasteiger partial charge in [-0.25, -0.2) is 0 Å². The van der Waals surface area contributed by atoms with Gasteiger partial charge >= 0.3 is 0 Å². The van der Waals surface area contributed by atoms with E-state index in [4.69, 9.17) is 23.2 Å². The van der Waals surface area contributed by atoms with E-state index < -0.39 is 5.91 Å². The number of nitrogens with one attached hydrogen (secondary N) is 1. The van der Waals surface area contributed by atoms with Crippen molar-refractivity contribution < 1.29 is 9.59 Å². The van der Waals surface area contributed by atoms with E-state index >= 15 is 0 Å². The lowest BCUT2D eigenvalue weighted by Gasteiger charge is -2.15. The Kier molecular flexibility index (Phi) is 5.30. The van der Waals surface area contributed by atoms with Crippen LogP contribution in [0.4, 0.5) is 10.8 Å². The number of amides is 2. The Labute approximate surface area is 175 Å². The molecule has 1 unspecified atom stereocenters. The first kappa shape index (κ1) is 18.9. The summed E-state index contributed by atoms with van der Waals surface area (Å²) in [6.07, 6.45) is 0.355. The lowest BCUT2D eigenvalue weighted by molar-refractivity contribution is -0.117. The number of carbonyl (C=O) groups is 2. The average Bonchev–Trinajstić information content (AvgIpc) is 3.29. The summed E-state index contributed by atoms with van der Waals surface area (Å²) in [5.74, 6) is -0.480. The van der Waals surface area contributed by atoms with Gasteiger partial charge in [0.15, 0.2) is 0 Å². The predicted molar refractivity (Wildman–Crippen MR) is 110 cm³/mol. The van der Waals surface area contributed by atoms with E-state index in [0.717, 1.165) is 5.69 Å². The Morgan fingerprint density at radius 1 is 1.07 bits per heavy atom. The molecule has 2 aromatic carbocycles. The van der Waals surface area contributed by atoms with Gasteiger partial charge in [0.05, 0.1) is 15.6 Å². The highest BCUT2D eigenvalue weighted by molar-refractivity contribution is 7.15. The van der Waals surface area contributed by atoms with Crippen molar-refractivity contribution in [2.24, 2.45) is 0 Å². The molecule has 2 heterocycles. The van der Waals surface area contributed by atoms with Crippen LogP contribution in [0.25, 0.3) is 0 Å².